The number of carbonyl (C=O) groups excluding carboxylic acids is 1. The van der Waals surface area contributed by atoms with Gasteiger partial charge in [0.2, 0.25) is 5.75 Å². The zero-order valence-electron chi connectivity index (χ0n) is 14.9. The second-order valence-corrected chi connectivity index (χ2v) is 5.58. The van der Waals surface area contributed by atoms with Crippen molar-refractivity contribution in [3.8, 4) is 23.0 Å². The van der Waals surface area contributed by atoms with Crippen LogP contribution in [0.5, 0.6) is 23.0 Å². The van der Waals surface area contributed by atoms with Crippen molar-refractivity contribution in [1.29, 1.82) is 0 Å². The number of benzene rings is 2. The fourth-order valence-corrected chi connectivity index (χ4v) is 2.69. The van der Waals surface area contributed by atoms with Crippen LogP contribution in [0.1, 0.15) is 11.7 Å². The topological polar surface area (TPSA) is 63.2 Å². The molecule has 0 aliphatic carbocycles. The summed E-state index contributed by atoms with van der Waals surface area (Å²) in [6.45, 7) is 0.143. The summed E-state index contributed by atoms with van der Waals surface area (Å²) in [5.41, 5.74) is 1.19. The molecular weight excluding hydrogens is 336 g/mol. The maximum Gasteiger partial charge on any atom is 0.338 e. The third-order valence-electron chi connectivity index (χ3n) is 4.00. The third-order valence-corrected chi connectivity index (χ3v) is 4.00. The van der Waals surface area contributed by atoms with Gasteiger partial charge < -0.3 is 23.7 Å². The van der Waals surface area contributed by atoms with Crippen LogP contribution in [0.3, 0.4) is 0 Å². The van der Waals surface area contributed by atoms with Gasteiger partial charge in [-0.1, -0.05) is 18.2 Å². The largest absolute Gasteiger partial charge is 0.493 e. The summed E-state index contributed by atoms with van der Waals surface area (Å²) in [5.74, 6) is 1.78. The molecule has 6 heteroatoms. The van der Waals surface area contributed by atoms with Crippen molar-refractivity contribution in [3.63, 3.8) is 0 Å². The van der Waals surface area contributed by atoms with E-state index < -0.39 is 12.1 Å². The molecule has 1 unspecified atom stereocenters. The molecule has 1 atom stereocenters. The number of esters is 1. The van der Waals surface area contributed by atoms with Crippen molar-refractivity contribution < 1.29 is 28.5 Å². The highest BCUT2D eigenvalue weighted by Gasteiger charge is 2.29. The molecule has 0 saturated carbocycles. The first kappa shape index (κ1) is 17.7. The lowest BCUT2D eigenvalue weighted by Crippen LogP contribution is -2.09. The second-order valence-electron chi connectivity index (χ2n) is 5.58. The molecular formula is C20H20O6. The Labute approximate surface area is 151 Å². The summed E-state index contributed by atoms with van der Waals surface area (Å²) in [6.07, 6.45) is 1.21. The number of ether oxygens (including phenoxy) is 5. The van der Waals surface area contributed by atoms with Gasteiger partial charge in [0.15, 0.2) is 11.5 Å². The summed E-state index contributed by atoms with van der Waals surface area (Å²) in [6, 6.07) is 12.8. The average Bonchev–Trinajstić information content (AvgIpc) is 3.06. The van der Waals surface area contributed by atoms with E-state index in [-0.39, 0.29) is 6.61 Å². The molecule has 1 heterocycles. The van der Waals surface area contributed by atoms with Gasteiger partial charge in [0, 0.05) is 5.56 Å². The molecule has 0 aromatic heterocycles. The smallest absolute Gasteiger partial charge is 0.338 e. The van der Waals surface area contributed by atoms with Crippen LogP contribution < -0.4 is 18.9 Å². The van der Waals surface area contributed by atoms with Crippen LogP contribution in [0.2, 0.25) is 0 Å². The Morgan fingerprint density at radius 3 is 2.19 bits per heavy atom. The summed E-state index contributed by atoms with van der Waals surface area (Å²) in [5, 5.41) is 0. The Morgan fingerprint density at radius 2 is 1.62 bits per heavy atom. The third kappa shape index (κ3) is 3.59. The monoisotopic (exact) mass is 356 g/mol. The number of para-hydroxylation sites is 1. The van der Waals surface area contributed by atoms with Gasteiger partial charge in [-0.2, -0.15) is 0 Å². The van der Waals surface area contributed by atoms with Gasteiger partial charge in [0.25, 0.3) is 0 Å². The first-order valence-corrected chi connectivity index (χ1v) is 8.05. The number of rotatable bonds is 7. The van der Waals surface area contributed by atoms with Crippen LogP contribution in [0.25, 0.3) is 0 Å². The molecule has 0 bridgehead atoms. The Hall–Kier alpha value is -3.15. The molecule has 26 heavy (non-hydrogen) atoms. The zero-order chi connectivity index (χ0) is 18.5. The quantitative estimate of drug-likeness (QED) is 0.709. The van der Waals surface area contributed by atoms with E-state index in [1.807, 2.05) is 30.3 Å². The number of hydrogen-bond acceptors (Lipinski definition) is 6. The number of cyclic esters (lactones) is 1. The molecule has 2 aromatic carbocycles. The Bertz CT molecular complexity index is 787. The predicted molar refractivity (Wildman–Crippen MR) is 95.0 cm³/mol. The molecule has 0 spiro atoms. The van der Waals surface area contributed by atoms with E-state index in [0.717, 1.165) is 5.56 Å². The fraction of sp³-hybridized carbons (Fsp3) is 0.250. The molecule has 1 aliphatic rings. The molecule has 2 aromatic rings. The predicted octanol–water partition coefficient (Wildman–Crippen LogP) is 3.32. The van der Waals surface area contributed by atoms with E-state index in [1.54, 1.807) is 18.2 Å². The minimum Gasteiger partial charge on any atom is -0.493 e. The molecule has 1 aliphatic heterocycles. The fourth-order valence-electron chi connectivity index (χ4n) is 2.69. The normalized spacial score (nSPS) is 15.9. The highest BCUT2D eigenvalue weighted by Crippen LogP contribution is 2.41. The maximum absolute atomic E-state index is 12.2. The van der Waals surface area contributed by atoms with E-state index in [2.05, 4.69) is 0 Å². The van der Waals surface area contributed by atoms with Crippen LogP contribution in [-0.2, 0) is 9.53 Å². The van der Waals surface area contributed by atoms with Crippen LogP contribution in [-0.4, -0.2) is 33.9 Å². The standard InChI is InChI=1S/C20H20O6/c1-22-17-9-13(10-18(23-2)19(17)24-3)16-11-14(20(21)26-16)12-25-15-7-5-4-6-8-15/h4-11,16H,12H2,1-3H3. The van der Waals surface area contributed by atoms with Crippen LogP contribution in [0.4, 0.5) is 0 Å². The highest BCUT2D eigenvalue weighted by atomic mass is 16.6. The number of carbonyl (C=O) groups is 1. The molecule has 6 nitrogen and oxygen atoms in total. The molecule has 136 valence electrons. The van der Waals surface area contributed by atoms with Gasteiger partial charge in [0.05, 0.1) is 26.9 Å². The van der Waals surface area contributed by atoms with Gasteiger partial charge in [-0.05, 0) is 30.3 Å². The van der Waals surface area contributed by atoms with Gasteiger partial charge in [-0.3, -0.25) is 0 Å². The Kier molecular flexibility index (Phi) is 5.31. The molecule has 0 saturated heterocycles. The first-order valence-electron chi connectivity index (χ1n) is 8.05. The van der Waals surface area contributed by atoms with E-state index >= 15 is 0 Å². The number of methoxy groups -OCH3 is 3. The summed E-state index contributed by atoms with van der Waals surface area (Å²) < 4.78 is 27.1. The molecule has 0 N–H and O–H groups in total. The van der Waals surface area contributed by atoms with Crippen molar-refractivity contribution in [2.75, 3.05) is 27.9 Å². The average molecular weight is 356 g/mol. The number of hydrogen-bond donors (Lipinski definition) is 0. The van der Waals surface area contributed by atoms with Crippen LogP contribution in [0.15, 0.2) is 54.1 Å². The Morgan fingerprint density at radius 1 is 0.962 bits per heavy atom. The lowest BCUT2D eigenvalue weighted by atomic mass is 10.1. The first-order chi connectivity index (χ1) is 12.7. The van der Waals surface area contributed by atoms with E-state index in [0.29, 0.717) is 28.6 Å². The minimum atomic E-state index is -0.537. The van der Waals surface area contributed by atoms with Gasteiger partial charge >= 0.3 is 5.97 Å². The second kappa shape index (κ2) is 7.82. The summed E-state index contributed by atoms with van der Waals surface area (Å²) >= 11 is 0. The van der Waals surface area contributed by atoms with E-state index in [4.69, 9.17) is 23.7 Å². The van der Waals surface area contributed by atoms with Gasteiger partial charge in [-0.25, -0.2) is 4.79 Å². The van der Waals surface area contributed by atoms with Crippen molar-refractivity contribution in [3.05, 3.63) is 59.7 Å². The molecule has 0 fully saturated rings. The zero-order valence-corrected chi connectivity index (χ0v) is 14.9. The van der Waals surface area contributed by atoms with Crippen molar-refractivity contribution in [2.24, 2.45) is 0 Å². The molecule has 3 rings (SSSR count). The van der Waals surface area contributed by atoms with Crippen molar-refractivity contribution in [2.45, 2.75) is 6.10 Å². The maximum atomic E-state index is 12.2. The minimum absolute atomic E-state index is 0.143. The highest BCUT2D eigenvalue weighted by molar-refractivity contribution is 5.91. The van der Waals surface area contributed by atoms with Crippen LogP contribution >= 0.6 is 0 Å². The van der Waals surface area contributed by atoms with E-state index in [1.165, 1.54) is 21.3 Å². The molecule has 0 amide bonds. The lowest BCUT2D eigenvalue weighted by Gasteiger charge is -2.16. The van der Waals surface area contributed by atoms with Gasteiger partial charge in [0.1, 0.15) is 18.5 Å². The van der Waals surface area contributed by atoms with Gasteiger partial charge in [-0.15, -0.1) is 0 Å². The SMILES string of the molecule is COc1cc(C2C=C(COc3ccccc3)C(=O)O2)cc(OC)c1OC. The summed E-state index contributed by atoms with van der Waals surface area (Å²) in [4.78, 5) is 12.2. The summed E-state index contributed by atoms with van der Waals surface area (Å²) in [7, 11) is 4.61. The van der Waals surface area contributed by atoms with Crippen LogP contribution in [0, 0.1) is 0 Å². The molecule has 0 radical (unpaired) electrons. The Balaban J connectivity index is 1.81. The van der Waals surface area contributed by atoms with Crippen molar-refractivity contribution >= 4 is 5.97 Å². The lowest BCUT2D eigenvalue weighted by molar-refractivity contribution is -0.140. The van der Waals surface area contributed by atoms with E-state index in [9.17, 15) is 4.79 Å². The van der Waals surface area contributed by atoms with Crippen molar-refractivity contribution in [1.82, 2.24) is 0 Å².